The Bertz CT molecular complexity index is 170. The van der Waals surface area contributed by atoms with Gasteiger partial charge in [-0.05, 0) is 50.4 Å². The molecule has 1 aliphatic carbocycles. The summed E-state index contributed by atoms with van der Waals surface area (Å²) in [5, 5.41) is 1.86. The molecule has 0 heterocycles. The Morgan fingerprint density at radius 1 is 1.06 bits per heavy atom. The summed E-state index contributed by atoms with van der Waals surface area (Å²) in [5.74, 6) is 1.92. The highest BCUT2D eigenvalue weighted by Crippen LogP contribution is 2.35. The topological polar surface area (TPSA) is 0 Å². The van der Waals surface area contributed by atoms with Crippen LogP contribution in [-0.4, -0.2) is 10.5 Å². The summed E-state index contributed by atoms with van der Waals surface area (Å²) in [4.78, 5) is 0. The van der Waals surface area contributed by atoms with Crippen LogP contribution in [0.25, 0.3) is 0 Å². The van der Waals surface area contributed by atoms with Gasteiger partial charge in [-0.15, -0.1) is 0 Å². The fourth-order valence-electron chi connectivity index (χ4n) is 2.49. The molecule has 0 aliphatic heterocycles. The average Bonchev–Trinajstić information content (AvgIpc) is 2.29. The summed E-state index contributed by atoms with van der Waals surface area (Å²) < 4.78 is 0. The van der Waals surface area contributed by atoms with Crippen LogP contribution in [0.15, 0.2) is 0 Å². The molecule has 1 rings (SSSR count). The zero-order valence-corrected chi connectivity index (χ0v) is 12.5. The molecule has 1 saturated carbocycles. The Labute approximate surface area is 107 Å². The molecule has 0 N–H and O–H groups in total. The van der Waals surface area contributed by atoms with Gasteiger partial charge in [0.25, 0.3) is 0 Å². The Balaban J connectivity index is 2.11. The van der Waals surface area contributed by atoms with E-state index < -0.39 is 0 Å². The van der Waals surface area contributed by atoms with Crippen LogP contribution in [0.2, 0.25) is 0 Å². The maximum Gasteiger partial charge on any atom is 0.00499 e. The van der Waals surface area contributed by atoms with Crippen LogP contribution in [0.5, 0.6) is 0 Å². The quantitative estimate of drug-likeness (QED) is 0.591. The molecule has 0 saturated heterocycles. The molecule has 2 atom stereocenters. The van der Waals surface area contributed by atoms with Gasteiger partial charge in [0.05, 0.1) is 0 Å². The minimum Gasteiger partial charge on any atom is -0.155 e. The SMILES string of the molecule is CCC(C)CCC(C)SC1CCC(C)CC1. The van der Waals surface area contributed by atoms with E-state index in [1.54, 1.807) is 0 Å². The first-order valence-electron chi connectivity index (χ1n) is 7.27. The van der Waals surface area contributed by atoms with Crippen molar-refractivity contribution in [3.05, 3.63) is 0 Å². The first-order chi connectivity index (χ1) is 7.61. The maximum absolute atomic E-state index is 2.44. The van der Waals surface area contributed by atoms with Crippen LogP contribution in [-0.2, 0) is 0 Å². The lowest BCUT2D eigenvalue weighted by Gasteiger charge is -2.28. The normalized spacial score (nSPS) is 30.0. The van der Waals surface area contributed by atoms with E-state index in [2.05, 4.69) is 39.5 Å². The molecule has 96 valence electrons. The summed E-state index contributed by atoms with van der Waals surface area (Å²) in [5.41, 5.74) is 0. The van der Waals surface area contributed by atoms with Crippen molar-refractivity contribution in [2.24, 2.45) is 11.8 Å². The van der Waals surface area contributed by atoms with Gasteiger partial charge in [0, 0.05) is 10.5 Å². The Morgan fingerprint density at radius 2 is 1.69 bits per heavy atom. The lowest BCUT2D eigenvalue weighted by molar-refractivity contribution is 0.392. The van der Waals surface area contributed by atoms with E-state index in [0.717, 1.165) is 22.3 Å². The third-order valence-electron chi connectivity index (χ3n) is 4.15. The monoisotopic (exact) mass is 242 g/mol. The van der Waals surface area contributed by atoms with Gasteiger partial charge in [-0.25, -0.2) is 0 Å². The van der Waals surface area contributed by atoms with Crippen molar-refractivity contribution in [3.8, 4) is 0 Å². The molecule has 0 aromatic rings. The Morgan fingerprint density at radius 3 is 2.25 bits per heavy atom. The van der Waals surface area contributed by atoms with E-state index in [0.29, 0.717) is 0 Å². The third-order valence-corrected chi connectivity index (χ3v) is 5.71. The van der Waals surface area contributed by atoms with Crippen molar-refractivity contribution >= 4 is 11.8 Å². The van der Waals surface area contributed by atoms with Crippen molar-refractivity contribution in [1.29, 1.82) is 0 Å². The lowest BCUT2D eigenvalue weighted by Crippen LogP contribution is -2.17. The Kier molecular flexibility index (Phi) is 6.87. The second-order valence-corrected chi connectivity index (χ2v) is 7.66. The minimum atomic E-state index is 0.882. The number of hydrogen-bond acceptors (Lipinski definition) is 1. The predicted molar refractivity (Wildman–Crippen MR) is 77.2 cm³/mol. The van der Waals surface area contributed by atoms with Gasteiger partial charge in [-0.2, -0.15) is 11.8 Å². The van der Waals surface area contributed by atoms with Gasteiger partial charge >= 0.3 is 0 Å². The summed E-state index contributed by atoms with van der Waals surface area (Å²) >= 11 is 2.28. The standard InChI is InChI=1S/C15H30S/c1-5-12(2)6-9-14(4)16-15-10-7-13(3)8-11-15/h12-15H,5-11H2,1-4H3. The van der Waals surface area contributed by atoms with Gasteiger partial charge in [-0.3, -0.25) is 0 Å². The van der Waals surface area contributed by atoms with Crippen molar-refractivity contribution < 1.29 is 0 Å². The van der Waals surface area contributed by atoms with Crippen LogP contribution in [0.1, 0.15) is 72.6 Å². The molecule has 16 heavy (non-hydrogen) atoms. The van der Waals surface area contributed by atoms with E-state index in [9.17, 15) is 0 Å². The molecule has 2 unspecified atom stereocenters. The Hall–Kier alpha value is 0.350. The second-order valence-electron chi connectivity index (χ2n) is 5.92. The molecule has 0 aromatic heterocycles. The third kappa shape index (κ3) is 5.61. The largest absolute Gasteiger partial charge is 0.155 e. The maximum atomic E-state index is 2.44. The van der Waals surface area contributed by atoms with Crippen molar-refractivity contribution in [2.75, 3.05) is 0 Å². The smallest absolute Gasteiger partial charge is 0.00499 e. The highest BCUT2D eigenvalue weighted by Gasteiger charge is 2.20. The van der Waals surface area contributed by atoms with Crippen molar-refractivity contribution in [1.82, 2.24) is 0 Å². The molecule has 0 spiro atoms. The summed E-state index contributed by atoms with van der Waals surface area (Å²) in [6.45, 7) is 9.54. The van der Waals surface area contributed by atoms with Crippen molar-refractivity contribution in [2.45, 2.75) is 83.1 Å². The van der Waals surface area contributed by atoms with Crippen molar-refractivity contribution in [3.63, 3.8) is 0 Å². The molecular formula is C15H30S. The van der Waals surface area contributed by atoms with Crippen LogP contribution in [0.3, 0.4) is 0 Å². The fourth-order valence-corrected chi connectivity index (χ4v) is 3.96. The minimum absolute atomic E-state index is 0.882. The van der Waals surface area contributed by atoms with E-state index in [4.69, 9.17) is 0 Å². The lowest BCUT2D eigenvalue weighted by atomic mass is 9.91. The van der Waals surface area contributed by atoms with E-state index in [1.165, 1.54) is 44.9 Å². The molecule has 0 bridgehead atoms. The highest BCUT2D eigenvalue weighted by atomic mass is 32.2. The van der Waals surface area contributed by atoms with Gasteiger partial charge in [0.2, 0.25) is 0 Å². The van der Waals surface area contributed by atoms with Crippen LogP contribution >= 0.6 is 11.8 Å². The summed E-state index contributed by atoms with van der Waals surface area (Å²) in [6, 6.07) is 0. The van der Waals surface area contributed by atoms with Gasteiger partial charge in [0.1, 0.15) is 0 Å². The van der Waals surface area contributed by atoms with E-state index >= 15 is 0 Å². The number of hydrogen-bond donors (Lipinski definition) is 0. The second kappa shape index (κ2) is 7.63. The van der Waals surface area contributed by atoms with Gasteiger partial charge < -0.3 is 0 Å². The molecule has 1 aliphatic rings. The van der Waals surface area contributed by atoms with E-state index in [1.807, 2.05) is 0 Å². The average molecular weight is 242 g/mol. The molecular weight excluding hydrogens is 212 g/mol. The highest BCUT2D eigenvalue weighted by molar-refractivity contribution is 8.00. The fraction of sp³-hybridized carbons (Fsp3) is 1.00. The molecule has 1 heteroatoms. The summed E-state index contributed by atoms with van der Waals surface area (Å²) in [6.07, 6.45) is 10.1. The molecule has 0 nitrogen and oxygen atoms in total. The molecule has 0 radical (unpaired) electrons. The van der Waals surface area contributed by atoms with Crippen LogP contribution in [0, 0.1) is 11.8 Å². The molecule has 0 amide bonds. The van der Waals surface area contributed by atoms with E-state index in [-0.39, 0.29) is 0 Å². The predicted octanol–water partition coefficient (Wildman–Crippen LogP) is 5.51. The molecule has 0 aromatic carbocycles. The van der Waals surface area contributed by atoms with Gasteiger partial charge in [0.15, 0.2) is 0 Å². The number of thioether (sulfide) groups is 1. The van der Waals surface area contributed by atoms with Crippen LogP contribution in [0.4, 0.5) is 0 Å². The van der Waals surface area contributed by atoms with Crippen LogP contribution < -0.4 is 0 Å². The molecule has 1 fully saturated rings. The number of rotatable bonds is 6. The first-order valence-corrected chi connectivity index (χ1v) is 8.21. The first kappa shape index (κ1) is 14.4. The zero-order valence-electron chi connectivity index (χ0n) is 11.7. The summed E-state index contributed by atoms with van der Waals surface area (Å²) in [7, 11) is 0. The zero-order chi connectivity index (χ0) is 12.0. The van der Waals surface area contributed by atoms with Gasteiger partial charge in [-0.1, -0.05) is 34.1 Å².